The molecule has 0 aliphatic carbocycles. The monoisotopic (exact) mass is 296 g/mol. The van der Waals surface area contributed by atoms with Gasteiger partial charge in [-0.25, -0.2) is 0 Å². The standard InChI is InChI=1S/C12H18Cl2O4/c1-9-3-5-15-11(9,7-13)18-10(2)4-6-16-12(10,8-14)17-9/h3-8H2,1-2H3/t9-,10-,11-,12-/m1/s1. The molecule has 0 aromatic rings. The van der Waals surface area contributed by atoms with Crippen LogP contribution in [-0.4, -0.2) is 47.8 Å². The van der Waals surface area contributed by atoms with Gasteiger partial charge in [-0.15, -0.1) is 23.2 Å². The van der Waals surface area contributed by atoms with Crippen molar-refractivity contribution in [3.05, 3.63) is 0 Å². The molecule has 0 aromatic carbocycles. The molecule has 3 rings (SSSR count). The van der Waals surface area contributed by atoms with Crippen molar-refractivity contribution in [2.75, 3.05) is 25.0 Å². The van der Waals surface area contributed by atoms with Crippen LogP contribution in [0.25, 0.3) is 0 Å². The van der Waals surface area contributed by atoms with Gasteiger partial charge in [0.25, 0.3) is 0 Å². The van der Waals surface area contributed by atoms with Crippen LogP contribution in [0, 0.1) is 0 Å². The zero-order chi connectivity index (χ0) is 13.1. The average Bonchev–Trinajstić information content (AvgIpc) is 2.81. The lowest BCUT2D eigenvalue weighted by Gasteiger charge is -2.57. The predicted molar refractivity (Wildman–Crippen MR) is 67.0 cm³/mol. The number of hydrogen-bond acceptors (Lipinski definition) is 4. The van der Waals surface area contributed by atoms with Crippen molar-refractivity contribution in [2.45, 2.75) is 49.5 Å². The minimum Gasteiger partial charge on any atom is -0.346 e. The van der Waals surface area contributed by atoms with Crippen LogP contribution < -0.4 is 0 Å². The van der Waals surface area contributed by atoms with Crippen molar-refractivity contribution < 1.29 is 18.9 Å². The fourth-order valence-corrected chi connectivity index (χ4v) is 4.01. The number of rotatable bonds is 2. The van der Waals surface area contributed by atoms with Crippen molar-refractivity contribution in [1.29, 1.82) is 0 Å². The second kappa shape index (κ2) is 3.96. The first-order valence-corrected chi connectivity index (χ1v) is 7.32. The van der Waals surface area contributed by atoms with Crippen LogP contribution in [0.5, 0.6) is 0 Å². The minimum absolute atomic E-state index is 0.234. The van der Waals surface area contributed by atoms with E-state index in [1.807, 2.05) is 13.8 Å². The van der Waals surface area contributed by atoms with Gasteiger partial charge in [-0.1, -0.05) is 0 Å². The summed E-state index contributed by atoms with van der Waals surface area (Å²) in [6, 6.07) is 0. The third-order valence-corrected chi connectivity index (χ3v) is 5.28. The first-order valence-electron chi connectivity index (χ1n) is 6.25. The molecule has 3 aliphatic heterocycles. The fraction of sp³-hybridized carbons (Fsp3) is 1.00. The summed E-state index contributed by atoms with van der Waals surface area (Å²) in [6.07, 6.45) is 1.44. The Bertz CT molecular complexity index is 334. The molecular formula is C12H18Cl2O4. The molecule has 0 saturated carbocycles. The highest BCUT2D eigenvalue weighted by atomic mass is 35.5. The Morgan fingerprint density at radius 2 is 1.22 bits per heavy atom. The highest BCUT2D eigenvalue weighted by molar-refractivity contribution is 6.19. The summed E-state index contributed by atoms with van der Waals surface area (Å²) in [6.45, 7) is 5.05. The topological polar surface area (TPSA) is 36.9 Å². The van der Waals surface area contributed by atoms with E-state index < -0.39 is 22.8 Å². The quantitative estimate of drug-likeness (QED) is 0.733. The molecule has 18 heavy (non-hydrogen) atoms. The van der Waals surface area contributed by atoms with E-state index in [1.165, 1.54) is 0 Å². The first-order chi connectivity index (χ1) is 8.45. The van der Waals surface area contributed by atoms with Crippen molar-refractivity contribution >= 4 is 23.2 Å². The van der Waals surface area contributed by atoms with Crippen molar-refractivity contribution in [2.24, 2.45) is 0 Å². The molecule has 0 amide bonds. The third kappa shape index (κ3) is 1.42. The Kier molecular flexibility index (Phi) is 2.95. The molecule has 0 bridgehead atoms. The Morgan fingerprint density at radius 1 is 0.833 bits per heavy atom. The van der Waals surface area contributed by atoms with E-state index in [4.69, 9.17) is 42.1 Å². The lowest BCUT2D eigenvalue weighted by Crippen LogP contribution is -2.72. The van der Waals surface area contributed by atoms with Gasteiger partial charge >= 0.3 is 0 Å². The van der Waals surface area contributed by atoms with Gasteiger partial charge in [-0.2, -0.15) is 0 Å². The lowest BCUT2D eigenvalue weighted by molar-refractivity contribution is -0.444. The van der Waals surface area contributed by atoms with Gasteiger partial charge in [-0.3, -0.25) is 0 Å². The maximum absolute atomic E-state index is 6.27. The number of halogens is 2. The second-order valence-electron chi connectivity index (χ2n) is 5.64. The Balaban J connectivity index is 2.04. The molecular weight excluding hydrogens is 279 g/mol. The zero-order valence-corrected chi connectivity index (χ0v) is 12.1. The highest BCUT2D eigenvalue weighted by Crippen LogP contribution is 2.56. The predicted octanol–water partition coefficient (Wildman–Crippen LogP) is 2.26. The molecule has 4 nitrogen and oxygen atoms in total. The average molecular weight is 297 g/mol. The van der Waals surface area contributed by atoms with Gasteiger partial charge in [-0.05, 0) is 13.8 Å². The maximum atomic E-state index is 6.27. The number of fused-ring (bicyclic) bond motifs is 2. The summed E-state index contributed by atoms with van der Waals surface area (Å²) in [5, 5.41) is 0. The summed E-state index contributed by atoms with van der Waals surface area (Å²) < 4.78 is 24.1. The second-order valence-corrected chi connectivity index (χ2v) is 6.17. The number of hydrogen-bond donors (Lipinski definition) is 0. The molecule has 6 heteroatoms. The van der Waals surface area contributed by atoms with Crippen LogP contribution in [0.15, 0.2) is 0 Å². The van der Waals surface area contributed by atoms with E-state index in [2.05, 4.69) is 0 Å². The molecule has 0 spiro atoms. The maximum Gasteiger partial charge on any atom is 0.212 e. The lowest BCUT2D eigenvalue weighted by atomic mass is 9.86. The SMILES string of the molecule is C[C@@]12CCO[C@]1(CCl)O[C@]1(C)CCO[C@]1(CCl)O2. The van der Waals surface area contributed by atoms with E-state index in [1.54, 1.807) is 0 Å². The number of alkyl halides is 2. The molecule has 3 fully saturated rings. The van der Waals surface area contributed by atoms with Gasteiger partial charge in [0.1, 0.15) is 11.2 Å². The van der Waals surface area contributed by atoms with E-state index in [-0.39, 0.29) is 11.8 Å². The molecule has 0 N–H and O–H groups in total. The van der Waals surface area contributed by atoms with Crippen LogP contribution in [0.2, 0.25) is 0 Å². The summed E-state index contributed by atoms with van der Waals surface area (Å²) >= 11 is 12.2. The Hall–Kier alpha value is 0.420. The van der Waals surface area contributed by atoms with E-state index in [0.29, 0.717) is 13.2 Å². The van der Waals surface area contributed by atoms with Gasteiger partial charge in [0.2, 0.25) is 11.6 Å². The van der Waals surface area contributed by atoms with Crippen LogP contribution in [-0.2, 0) is 18.9 Å². The normalized spacial score (nSPS) is 55.3. The first kappa shape index (κ1) is 13.4. The van der Waals surface area contributed by atoms with E-state index in [0.717, 1.165) is 12.8 Å². The largest absolute Gasteiger partial charge is 0.346 e. The molecule has 4 atom stereocenters. The van der Waals surface area contributed by atoms with Gasteiger partial charge in [0.15, 0.2) is 0 Å². The van der Waals surface area contributed by atoms with Gasteiger partial charge in [0.05, 0.1) is 25.0 Å². The Labute approximate surface area is 117 Å². The van der Waals surface area contributed by atoms with Crippen LogP contribution in [0.4, 0.5) is 0 Å². The summed E-state index contributed by atoms with van der Waals surface area (Å²) in [4.78, 5) is 0. The van der Waals surface area contributed by atoms with Crippen LogP contribution in [0.3, 0.4) is 0 Å². The van der Waals surface area contributed by atoms with Gasteiger partial charge in [0, 0.05) is 12.8 Å². The highest BCUT2D eigenvalue weighted by Gasteiger charge is 2.72. The van der Waals surface area contributed by atoms with Crippen LogP contribution >= 0.6 is 23.2 Å². The molecule has 3 saturated heterocycles. The van der Waals surface area contributed by atoms with Crippen molar-refractivity contribution in [3.63, 3.8) is 0 Å². The molecule has 0 aromatic heterocycles. The van der Waals surface area contributed by atoms with E-state index >= 15 is 0 Å². The Morgan fingerprint density at radius 3 is 1.56 bits per heavy atom. The summed E-state index contributed by atoms with van der Waals surface area (Å²) in [5.41, 5.74) is -1.24. The van der Waals surface area contributed by atoms with E-state index in [9.17, 15) is 0 Å². The molecule has 3 heterocycles. The molecule has 0 radical (unpaired) electrons. The van der Waals surface area contributed by atoms with Gasteiger partial charge < -0.3 is 18.9 Å². The fourth-order valence-electron chi connectivity index (χ4n) is 3.18. The third-order valence-electron chi connectivity index (χ3n) is 4.57. The number of ether oxygens (including phenoxy) is 4. The van der Waals surface area contributed by atoms with Crippen molar-refractivity contribution in [1.82, 2.24) is 0 Å². The smallest absolute Gasteiger partial charge is 0.212 e. The molecule has 3 aliphatic rings. The molecule has 0 unspecified atom stereocenters. The summed E-state index contributed by atoms with van der Waals surface area (Å²) in [5.74, 6) is -1.33. The zero-order valence-electron chi connectivity index (χ0n) is 10.6. The summed E-state index contributed by atoms with van der Waals surface area (Å²) in [7, 11) is 0. The van der Waals surface area contributed by atoms with Crippen LogP contribution in [0.1, 0.15) is 26.7 Å². The van der Waals surface area contributed by atoms with Crippen molar-refractivity contribution in [3.8, 4) is 0 Å². The minimum atomic E-state index is -0.896. The molecule has 104 valence electrons.